The van der Waals surface area contributed by atoms with Gasteiger partial charge >= 0.3 is 0 Å². The van der Waals surface area contributed by atoms with E-state index < -0.39 is 0 Å². The molecule has 0 fully saturated rings. The van der Waals surface area contributed by atoms with E-state index in [9.17, 15) is 0 Å². The molecule has 0 amide bonds. The third-order valence-corrected chi connectivity index (χ3v) is 1.85. The molecule has 0 saturated heterocycles. The first-order valence-corrected chi connectivity index (χ1v) is 4.15. The molecule has 4 nitrogen and oxygen atoms in total. The van der Waals surface area contributed by atoms with E-state index in [1.807, 2.05) is 19.9 Å². The Labute approximate surface area is 83.3 Å². The third-order valence-electron chi connectivity index (χ3n) is 1.85. The fourth-order valence-electron chi connectivity index (χ4n) is 1.22. The summed E-state index contributed by atoms with van der Waals surface area (Å²) in [6.07, 6.45) is 2.99. The van der Waals surface area contributed by atoms with Crippen LogP contribution in [-0.4, -0.2) is 11.2 Å². The maximum absolute atomic E-state index is 8.77. The fraction of sp³-hybridized carbons (Fsp3) is 0.200. The van der Waals surface area contributed by atoms with Crippen molar-refractivity contribution in [1.82, 2.24) is 5.01 Å². The van der Waals surface area contributed by atoms with E-state index in [0.29, 0.717) is 11.3 Å². The van der Waals surface area contributed by atoms with Crippen LogP contribution in [0.25, 0.3) is 0 Å². The number of allylic oxidation sites excluding steroid dienone is 2. The van der Waals surface area contributed by atoms with Crippen molar-refractivity contribution in [3.8, 4) is 6.07 Å². The summed E-state index contributed by atoms with van der Waals surface area (Å²) in [6, 6.07) is 1.99. The smallest absolute Gasteiger partial charge is 0.103 e. The van der Waals surface area contributed by atoms with E-state index in [1.165, 1.54) is 6.21 Å². The molecule has 0 aromatic heterocycles. The minimum absolute atomic E-state index is 0.388. The maximum Gasteiger partial charge on any atom is 0.103 e. The Morgan fingerprint density at radius 3 is 2.79 bits per heavy atom. The topological polar surface area (TPSA) is 65.4 Å². The predicted octanol–water partition coefficient (Wildman–Crippen LogP) is 1.46. The Balaban J connectivity index is 3.32. The highest BCUT2D eigenvalue weighted by Crippen LogP contribution is 2.22. The van der Waals surface area contributed by atoms with Crippen molar-refractivity contribution in [1.29, 1.82) is 5.26 Å². The van der Waals surface area contributed by atoms with Crippen molar-refractivity contribution in [3.63, 3.8) is 0 Å². The van der Waals surface area contributed by atoms with Crippen LogP contribution in [0.2, 0.25) is 0 Å². The monoisotopic (exact) mass is 188 g/mol. The van der Waals surface area contributed by atoms with Gasteiger partial charge in [0.25, 0.3) is 0 Å². The highest BCUT2D eigenvalue weighted by molar-refractivity contribution is 5.87. The molecule has 0 atom stereocenters. The second kappa shape index (κ2) is 3.79. The molecule has 2 N–H and O–H groups in total. The third kappa shape index (κ3) is 1.52. The molecule has 14 heavy (non-hydrogen) atoms. The van der Waals surface area contributed by atoms with Crippen LogP contribution in [0.3, 0.4) is 0 Å². The Bertz CT molecular complexity index is 389. The number of nitriles is 1. The molecule has 0 aliphatic carbocycles. The first kappa shape index (κ1) is 10.1. The molecule has 0 saturated carbocycles. The summed E-state index contributed by atoms with van der Waals surface area (Å²) in [5.41, 5.74) is 8.38. The minimum Gasteiger partial charge on any atom is -0.396 e. The van der Waals surface area contributed by atoms with Gasteiger partial charge < -0.3 is 5.73 Å². The summed E-state index contributed by atoms with van der Waals surface area (Å²) < 4.78 is 0. The normalized spacial score (nSPS) is 15.5. The van der Waals surface area contributed by atoms with Gasteiger partial charge in [0, 0.05) is 6.20 Å². The second-order valence-corrected chi connectivity index (χ2v) is 3.06. The zero-order valence-corrected chi connectivity index (χ0v) is 8.28. The van der Waals surface area contributed by atoms with Gasteiger partial charge in [-0.1, -0.05) is 6.58 Å². The molecule has 0 radical (unpaired) electrons. The lowest BCUT2D eigenvalue weighted by Crippen LogP contribution is -2.23. The van der Waals surface area contributed by atoms with Crippen LogP contribution in [0.4, 0.5) is 0 Å². The van der Waals surface area contributed by atoms with Crippen LogP contribution in [0, 0.1) is 11.3 Å². The number of nitrogens with two attached hydrogens (primary N) is 1. The molecule has 0 unspecified atom stereocenters. The van der Waals surface area contributed by atoms with Gasteiger partial charge in [0.1, 0.15) is 6.07 Å². The molecule has 4 heteroatoms. The molecule has 0 aromatic rings. The SMILES string of the molecule is C=CN1N=CC(C#N)=C(N)C1=C(C)C. The minimum atomic E-state index is 0.388. The summed E-state index contributed by atoms with van der Waals surface area (Å²) in [4.78, 5) is 0. The zero-order valence-electron chi connectivity index (χ0n) is 8.28. The predicted molar refractivity (Wildman–Crippen MR) is 55.7 cm³/mol. The number of nitrogens with zero attached hydrogens (tertiary/aromatic N) is 3. The van der Waals surface area contributed by atoms with Crippen LogP contribution in [-0.2, 0) is 0 Å². The van der Waals surface area contributed by atoms with Gasteiger partial charge in [0.2, 0.25) is 0 Å². The van der Waals surface area contributed by atoms with Crippen LogP contribution < -0.4 is 5.73 Å². The molecule has 1 aliphatic heterocycles. The van der Waals surface area contributed by atoms with Gasteiger partial charge in [0.15, 0.2) is 0 Å². The van der Waals surface area contributed by atoms with Crippen LogP contribution in [0.1, 0.15) is 13.8 Å². The summed E-state index contributed by atoms with van der Waals surface area (Å²) in [5, 5.41) is 14.4. The Kier molecular flexibility index (Phi) is 2.73. The second-order valence-electron chi connectivity index (χ2n) is 3.06. The van der Waals surface area contributed by atoms with Crippen LogP contribution >= 0.6 is 0 Å². The number of hydrogen-bond acceptors (Lipinski definition) is 4. The number of hydrogen-bond donors (Lipinski definition) is 1. The van der Waals surface area contributed by atoms with E-state index in [-0.39, 0.29) is 0 Å². The zero-order chi connectivity index (χ0) is 10.7. The van der Waals surface area contributed by atoms with Gasteiger partial charge in [-0.3, -0.25) is 0 Å². The number of hydrazone groups is 1. The van der Waals surface area contributed by atoms with E-state index in [0.717, 1.165) is 11.3 Å². The molecule has 1 rings (SSSR count). The molecule has 0 spiro atoms. The van der Waals surface area contributed by atoms with Crippen LogP contribution in [0.5, 0.6) is 0 Å². The molecule has 1 aliphatic rings. The van der Waals surface area contributed by atoms with Crippen molar-refractivity contribution in [2.45, 2.75) is 13.8 Å². The highest BCUT2D eigenvalue weighted by atomic mass is 15.5. The molecule has 0 bridgehead atoms. The average molecular weight is 188 g/mol. The van der Waals surface area contributed by atoms with Crippen molar-refractivity contribution < 1.29 is 0 Å². The molecular weight excluding hydrogens is 176 g/mol. The first-order valence-electron chi connectivity index (χ1n) is 4.15. The van der Waals surface area contributed by atoms with Crippen LogP contribution in [0.15, 0.2) is 40.4 Å². The van der Waals surface area contributed by atoms with Crippen molar-refractivity contribution in [3.05, 3.63) is 35.3 Å². The molecular formula is C10H12N4. The van der Waals surface area contributed by atoms with Crippen molar-refractivity contribution in [2.75, 3.05) is 0 Å². The molecule has 72 valence electrons. The summed E-state index contributed by atoms with van der Waals surface area (Å²) in [5.74, 6) is 0. The van der Waals surface area contributed by atoms with E-state index in [1.54, 1.807) is 11.2 Å². The van der Waals surface area contributed by atoms with E-state index >= 15 is 0 Å². The van der Waals surface area contributed by atoms with Gasteiger partial charge in [0.05, 0.1) is 23.2 Å². The lowest BCUT2D eigenvalue weighted by atomic mass is 10.1. The standard InChI is InChI=1S/C10H12N4/c1-4-14-10(7(2)3)9(12)8(5-11)6-13-14/h4,6H,1,12H2,2-3H3. The summed E-state index contributed by atoms with van der Waals surface area (Å²) in [7, 11) is 0. The Morgan fingerprint density at radius 2 is 2.36 bits per heavy atom. The number of rotatable bonds is 1. The maximum atomic E-state index is 8.77. The van der Waals surface area contributed by atoms with Gasteiger partial charge in [-0.05, 0) is 19.4 Å². The quantitative estimate of drug-likeness (QED) is 0.677. The van der Waals surface area contributed by atoms with Gasteiger partial charge in [-0.15, -0.1) is 0 Å². The first-order chi connectivity index (χ1) is 6.61. The lowest BCUT2D eigenvalue weighted by molar-refractivity contribution is 0.497. The summed E-state index contributed by atoms with van der Waals surface area (Å²) in [6.45, 7) is 7.44. The van der Waals surface area contributed by atoms with E-state index in [2.05, 4.69) is 11.7 Å². The highest BCUT2D eigenvalue weighted by Gasteiger charge is 2.17. The van der Waals surface area contributed by atoms with Gasteiger partial charge in [-0.25, -0.2) is 5.01 Å². The molecule has 0 aromatic carbocycles. The summed E-state index contributed by atoms with van der Waals surface area (Å²) >= 11 is 0. The van der Waals surface area contributed by atoms with Gasteiger partial charge in [-0.2, -0.15) is 10.4 Å². The van der Waals surface area contributed by atoms with Crippen molar-refractivity contribution >= 4 is 6.21 Å². The average Bonchev–Trinajstić information content (AvgIpc) is 2.16. The largest absolute Gasteiger partial charge is 0.396 e. The Morgan fingerprint density at radius 1 is 1.71 bits per heavy atom. The Hall–Kier alpha value is -2.02. The fourth-order valence-corrected chi connectivity index (χ4v) is 1.22. The van der Waals surface area contributed by atoms with E-state index in [4.69, 9.17) is 11.0 Å². The van der Waals surface area contributed by atoms with Crippen molar-refractivity contribution in [2.24, 2.45) is 10.8 Å². The molecule has 1 heterocycles. The lowest BCUT2D eigenvalue weighted by Gasteiger charge is -2.23.